The predicted molar refractivity (Wildman–Crippen MR) is 105 cm³/mol. The number of pyridine rings is 1. The fourth-order valence-corrected chi connectivity index (χ4v) is 2.70. The number of ether oxygens (including phenoxy) is 1. The predicted octanol–water partition coefficient (Wildman–Crippen LogP) is 5.39. The van der Waals surface area contributed by atoms with Crippen LogP contribution in [0.2, 0.25) is 10.0 Å². The summed E-state index contributed by atoms with van der Waals surface area (Å²) in [5, 5.41) is 6.91. The van der Waals surface area contributed by atoms with Crippen LogP contribution < -0.4 is 15.4 Å². The summed E-state index contributed by atoms with van der Waals surface area (Å²) >= 11 is 12.2. The van der Waals surface area contributed by atoms with E-state index in [9.17, 15) is 4.79 Å². The first-order valence-corrected chi connectivity index (χ1v) is 8.45. The number of hydrogen-bond acceptors (Lipinski definition) is 4. The van der Waals surface area contributed by atoms with E-state index < -0.39 is 0 Å². The Morgan fingerprint density at radius 1 is 1.00 bits per heavy atom. The molecule has 2 N–H and O–H groups in total. The molecule has 1 heterocycles. The molecule has 0 unspecified atom stereocenters. The fraction of sp³-hybridized carbons (Fsp3) is 0.0526. The van der Waals surface area contributed by atoms with Gasteiger partial charge < -0.3 is 15.4 Å². The molecule has 5 nitrogen and oxygen atoms in total. The molecule has 26 heavy (non-hydrogen) atoms. The molecule has 0 bridgehead atoms. The van der Waals surface area contributed by atoms with Gasteiger partial charge in [-0.2, -0.15) is 0 Å². The van der Waals surface area contributed by atoms with Crippen LogP contribution in [0.1, 0.15) is 10.5 Å². The van der Waals surface area contributed by atoms with Gasteiger partial charge in [-0.1, -0.05) is 35.3 Å². The van der Waals surface area contributed by atoms with Crippen LogP contribution in [-0.4, -0.2) is 18.0 Å². The zero-order valence-electron chi connectivity index (χ0n) is 13.8. The molecule has 0 aliphatic rings. The first kappa shape index (κ1) is 18.0. The molecule has 3 rings (SSSR count). The van der Waals surface area contributed by atoms with Crippen LogP contribution in [0, 0.1) is 0 Å². The van der Waals surface area contributed by atoms with Crippen molar-refractivity contribution in [3.8, 4) is 5.75 Å². The minimum atomic E-state index is -0.337. The van der Waals surface area contributed by atoms with Crippen LogP contribution in [0.3, 0.4) is 0 Å². The summed E-state index contributed by atoms with van der Waals surface area (Å²) in [7, 11) is 1.53. The second-order valence-electron chi connectivity index (χ2n) is 5.34. The highest BCUT2D eigenvalue weighted by Gasteiger charge is 2.10. The van der Waals surface area contributed by atoms with Crippen LogP contribution in [0.25, 0.3) is 0 Å². The Balaban J connectivity index is 1.69. The Morgan fingerprint density at radius 3 is 2.42 bits per heavy atom. The molecular weight excluding hydrogens is 373 g/mol. The van der Waals surface area contributed by atoms with Gasteiger partial charge in [0.1, 0.15) is 11.4 Å². The molecule has 1 aromatic heterocycles. The Morgan fingerprint density at radius 2 is 1.77 bits per heavy atom. The molecule has 0 radical (unpaired) electrons. The number of rotatable bonds is 5. The van der Waals surface area contributed by atoms with Gasteiger partial charge in [0.25, 0.3) is 5.91 Å². The van der Waals surface area contributed by atoms with Crippen molar-refractivity contribution in [2.45, 2.75) is 0 Å². The third-order valence-electron chi connectivity index (χ3n) is 3.56. The number of amides is 1. The molecule has 0 fully saturated rings. The van der Waals surface area contributed by atoms with Crippen LogP contribution >= 0.6 is 23.2 Å². The first-order chi connectivity index (χ1) is 12.6. The number of carbonyl (C=O) groups excluding carboxylic acids is 1. The average molecular weight is 388 g/mol. The molecule has 0 atom stereocenters. The van der Waals surface area contributed by atoms with Crippen LogP contribution in [-0.2, 0) is 0 Å². The van der Waals surface area contributed by atoms with Crippen molar-refractivity contribution >= 4 is 46.2 Å². The number of aromatic nitrogens is 1. The van der Waals surface area contributed by atoms with Crippen LogP contribution in [0.4, 0.5) is 17.1 Å². The van der Waals surface area contributed by atoms with Crippen LogP contribution in [0.15, 0.2) is 60.8 Å². The van der Waals surface area contributed by atoms with Crippen molar-refractivity contribution in [3.05, 3.63) is 76.5 Å². The Hall–Kier alpha value is -2.76. The highest BCUT2D eigenvalue weighted by atomic mass is 35.5. The van der Waals surface area contributed by atoms with Crippen LogP contribution in [0.5, 0.6) is 5.75 Å². The number of para-hydroxylation sites is 1. The summed E-state index contributed by atoms with van der Waals surface area (Å²) in [6, 6.07) is 15.8. The Kier molecular flexibility index (Phi) is 5.61. The van der Waals surface area contributed by atoms with E-state index in [2.05, 4.69) is 15.6 Å². The molecule has 7 heteroatoms. The zero-order chi connectivity index (χ0) is 18.5. The number of hydrogen-bond donors (Lipinski definition) is 2. The van der Waals surface area contributed by atoms with Gasteiger partial charge in [-0.05, 0) is 42.5 Å². The highest BCUT2D eigenvalue weighted by Crippen LogP contribution is 2.27. The third kappa shape index (κ3) is 4.25. The normalized spacial score (nSPS) is 10.3. The van der Waals surface area contributed by atoms with Crippen molar-refractivity contribution in [3.63, 3.8) is 0 Å². The maximum absolute atomic E-state index is 12.3. The van der Waals surface area contributed by atoms with Gasteiger partial charge in [-0.15, -0.1) is 0 Å². The monoisotopic (exact) mass is 387 g/mol. The number of halogens is 2. The maximum Gasteiger partial charge on any atom is 0.274 e. The second kappa shape index (κ2) is 8.08. The van der Waals surface area contributed by atoms with Crippen molar-refractivity contribution in [1.29, 1.82) is 0 Å². The van der Waals surface area contributed by atoms with Crippen molar-refractivity contribution in [1.82, 2.24) is 4.98 Å². The van der Waals surface area contributed by atoms with E-state index >= 15 is 0 Å². The summed E-state index contributed by atoms with van der Waals surface area (Å²) in [6.45, 7) is 0. The number of anilines is 3. The molecule has 3 aromatic rings. The van der Waals surface area contributed by atoms with E-state index in [-0.39, 0.29) is 11.6 Å². The summed E-state index contributed by atoms with van der Waals surface area (Å²) in [6.07, 6.45) is 1.57. The Bertz CT molecular complexity index is 930. The lowest BCUT2D eigenvalue weighted by Crippen LogP contribution is -2.13. The molecule has 0 spiro atoms. The lowest BCUT2D eigenvalue weighted by atomic mass is 10.2. The molecule has 2 aromatic carbocycles. The first-order valence-electron chi connectivity index (χ1n) is 7.69. The topological polar surface area (TPSA) is 63.2 Å². The van der Waals surface area contributed by atoms with Gasteiger partial charge >= 0.3 is 0 Å². The Labute approximate surface area is 160 Å². The molecule has 0 saturated heterocycles. The van der Waals surface area contributed by atoms with E-state index in [1.54, 1.807) is 42.6 Å². The summed E-state index contributed by atoms with van der Waals surface area (Å²) in [5.41, 5.74) is 2.32. The summed E-state index contributed by atoms with van der Waals surface area (Å²) in [5.74, 6) is 0.202. The lowest BCUT2D eigenvalue weighted by molar-refractivity contribution is 0.102. The number of nitrogens with zero attached hydrogens (tertiary/aromatic N) is 1. The molecule has 1 amide bonds. The van der Waals surface area contributed by atoms with Gasteiger partial charge in [0, 0.05) is 5.69 Å². The van der Waals surface area contributed by atoms with Gasteiger partial charge in [-0.25, -0.2) is 4.98 Å². The number of carbonyl (C=O) groups is 1. The minimum absolute atomic E-state index is 0.279. The highest BCUT2D eigenvalue weighted by molar-refractivity contribution is 6.33. The van der Waals surface area contributed by atoms with E-state index in [1.165, 1.54) is 7.11 Å². The zero-order valence-corrected chi connectivity index (χ0v) is 15.3. The second-order valence-corrected chi connectivity index (χ2v) is 6.15. The number of methoxy groups -OCH3 is 1. The van der Waals surface area contributed by atoms with E-state index in [4.69, 9.17) is 27.9 Å². The van der Waals surface area contributed by atoms with Crippen molar-refractivity contribution in [2.24, 2.45) is 0 Å². The summed E-state index contributed by atoms with van der Waals surface area (Å²) in [4.78, 5) is 16.5. The standard InChI is InChI=1S/C19H15Cl2N3O2/c1-26-18-9-7-12(10-15(18)21)24-19(25)17-8-6-13(11-22-17)23-16-5-3-2-4-14(16)20/h2-11,23H,1H3,(H,24,25). The molecule has 0 aliphatic heterocycles. The van der Waals surface area contributed by atoms with Gasteiger partial charge in [0.15, 0.2) is 0 Å². The number of nitrogens with one attached hydrogen (secondary N) is 2. The average Bonchev–Trinajstić information content (AvgIpc) is 2.64. The van der Waals surface area contributed by atoms with E-state index in [0.29, 0.717) is 21.5 Å². The number of benzene rings is 2. The lowest BCUT2D eigenvalue weighted by Gasteiger charge is -2.09. The summed E-state index contributed by atoms with van der Waals surface area (Å²) < 4.78 is 5.09. The van der Waals surface area contributed by atoms with Crippen molar-refractivity contribution < 1.29 is 9.53 Å². The largest absolute Gasteiger partial charge is 0.495 e. The minimum Gasteiger partial charge on any atom is -0.495 e. The van der Waals surface area contributed by atoms with Crippen molar-refractivity contribution in [2.75, 3.05) is 17.7 Å². The van der Waals surface area contributed by atoms with Gasteiger partial charge in [0.05, 0.1) is 34.7 Å². The van der Waals surface area contributed by atoms with E-state index in [0.717, 1.165) is 11.4 Å². The van der Waals surface area contributed by atoms with Gasteiger partial charge in [0.2, 0.25) is 0 Å². The molecule has 132 valence electrons. The molecule has 0 aliphatic carbocycles. The molecule has 0 saturated carbocycles. The van der Waals surface area contributed by atoms with E-state index in [1.807, 2.05) is 18.2 Å². The SMILES string of the molecule is COc1ccc(NC(=O)c2ccc(Nc3ccccc3Cl)cn2)cc1Cl. The third-order valence-corrected chi connectivity index (χ3v) is 4.18. The smallest absolute Gasteiger partial charge is 0.274 e. The van der Waals surface area contributed by atoms with Gasteiger partial charge in [-0.3, -0.25) is 4.79 Å². The quantitative estimate of drug-likeness (QED) is 0.615. The molecular formula is C19H15Cl2N3O2. The maximum atomic E-state index is 12.3. The fourth-order valence-electron chi connectivity index (χ4n) is 2.26.